The van der Waals surface area contributed by atoms with Crippen molar-refractivity contribution in [3.05, 3.63) is 5.92 Å². The number of methoxy groups -OCH3 is 1. The average molecular weight is 169 g/mol. The lowest BCUT2D eigenvalue weighted by atomic mass is 9.83. The first kappa shape index (κ1) is 10.0. The molecule has 1 nitrogen and oxygen atoms in total. The molecule has 1 aliphatic rings. The highest BCUT2D eigenvalue weighted by atomic mass is 16.5. The van der Waals surface area contributed by atoms with Gasteiger partial charge in [0.25, 0.3) is 0 Å². The summed E-state index contributed by atoms with van der Waals surface area (Å²) >= 11 is 0. The minimum atomic E-state index is 0.491. The van der Waals surface area contributed by atoms with E-state index in [2.05, 4.69) is 6.92 Å². The van der Waals surface area contributed by atoms with E-state index in [1.54, 1.807) is 5.92 Å². The summed E-state index contributed by atoms with van der Waals surface area (Å²) in [5.74, 6) is 1.67. The third kappa shape index (κ3) is 2.78. The molecular weight excluding hydrogens is 148 g/mol. The van der Waals surface area contributed by atoms with Crippen molar-refractivity contribution in [3.8, 4) is 0 Å². The van der Waals surface area contributed by atoms with Crippen LogP contribution in [0, 0.1) is 5.92 Å². The minimum absolute atomic E-state index is 0.491. The van der Waals surface area contributed by atoms with Crippen LogP contribution in [0.4, 0.5) is 0 Å². The second-order valence-electron chi connectivity index (χ2n) is 3.73. The van der Waals surface area contributed by atoms with Crippen molar-refractivity contribution in [1.29, 1.82) is 0 Å². The van der Waals surface area contributed by atoms with Gasteiger partial charge in [0.1, 0.15) is 0 Å². The Balaban J connectivity index is 2.26. The first-order valence-electron chi connectivity index (χ1n) is 5.26. The minimum Gasteiger partial charge on any atom is -0.381 e. The fraction of sp³-hybridized carbons (Fsp3) is 0.909. The van der Waals surface area contributed by atoms with E-state index in [0.717, 1.165) is 0 Å². The summed E-state index contributed by atoms with van der Waals surface area (Å²) in [5.41, 5.74) is 0. The number of ether oxygens (including phenoxy) is 1. The maximum absolute atomic E-state index is 5.46. The first-order valence-corrected chi connectivity index (χ1v) is 5.26. The second kappa shape index (κ2) is 5.58. The molecule has 1 aliphatic carbocycles. The third-order valence-corrected chi connectivity index (χ3v) is 2.81. The highest BCUT2D eigenvalue weighted by Crippen LogP contribution is 2.31. The van der Waals surface area contributed by atoms with Crippen molar-refractivity contribution >= 4 is 0 Å². The Kier molecular flexibility index (Phi) is 4.67. The fourth-order valence-corrected chi connectivity index (χ4v) is 2.02. The Hall–Kier alpha value is -0.0400. The van der Waals surface area contributed by atoms with E-state index < -0.39 is 0 Å². The van der Waals surface area contributed by atoms with E-state index in [-0.39, 0.29) is 0 Å². The molecular formula is C11H21O. The van der Waals surface area contributed by atoms with Crippen LogP contribution < -0.4 is 0 Å². The molecule has 0 N–H and O–H groups in total. The van der Waals surface area contributed by atoms with Crippen molar-refractivity contribution in [2.45, 2.75) is 58.0 Å². The Bertz CT molecular complexity index is 112. The highest BCUT2D eigenvalue weighted by Gasteiger charge is 2.24. The van der Waals surface area contributed by atoms with E-state index in [1.165, 1.54) is 44.9 Å². The summed E-state index contributed by atoms with van der Waals surface area (Å²) < 4.78 is 5.46. The zero-order chi connectivity index (χ0) is 8.81. The summed E-state index contributed by atoms with van der Waals surface area (Å²) in [6, 6.07) is 0. The molecule has 0 heterocycles. The van der Waals surface area contributed by atoms with Gasteiger partial charge in [0, 0.05) is 13.0 Å². The predicted octanol–water partition coefficient (Wildman–Crippen LogP) is 3.34. The molecule has 0 spiro atoms. The van der Waals surface area contributed by atoms with Crippen LogP contribution in [0.2, 0.25) is 0 Å². The molecule has 0 saturated heterocycles. The van der Waals surface area contributed by atoms with Crippen molar-refractivity contribution in [3.63, 3.8) is 0 Å². The van der Waals surface area contributed by atoms with Gasteiger partial charge in [0.2, 0.25) is 0 Å². The van der Waals surface area contributed by atoms with Gasteiger partial charge in [-0.1, -0.05) is 32.6 Å². The maximum atomic E-state index is 5.46. The molecule has 0 bridgehead atoms. The largest absolute Gasteiger partial charge is 0.381 e. The van der Waals surface area contributed by atoms with Crippen LogP contribution in [0.1, 0.15) is 51.9 Å². The molecule has 1 fully saturated rings. The van der Waals surface area contributed by atoms with E-state index in [9.17, 15) is 0 Å². The molecule has 1 radical (unpaired) electrons. The van der Waals surface area contributed by atoms with Gasteiger partial charge in [-0.25, -0.2) is 0 Å². The van der Waals surface area contributed by atoms with E-state index >= 15 is 0 Å². The molecule has 1 heteroatoms. The predicted molar refractivity (Wildman–Crippen MR) is 52.0 cm³/mol. The number of rotatable bonds is 4. The molecule has 0 amide bonds. The molecule has 1 rings (SSSR count). The third-order valence-electron chi connectivity index (χ3n) is 2.81. The normalized spacial score (nSPS) is 26.0. The second-order valence-corrected chi connectivity index (χ2v) is 3.73. The molecule has 1 atom stereocenters. The molecule has 71 valence electrons. The van der Waals surface area contributed by atoms with Crippen LogP contribution in [0.3, 0.4) is 0 Å². The van der Waals surface area contributed by atoms with Crippen LogP contribution in [-0.4, -0.2) is 13.2 Å². The molecule has 0 aromatic rings. The van der Waals surface area contributed by atoms with Gasteiger partial charge in [-0.3, -0.25) is 0 Å². The highest BCUT2D eigenvalue weighted by molar-refractivity contribution is 5.00. The monoisotopic (exact) mass is 169 g/mol. The Morgan fingerprint density at radius 3 is 2.92 bits per heavy atom. The SMILES string of the molecule is CCCC[C]1CCCCC1OC. The van der Waals surface area contributed by atoms with Crippen LogP contribution >= 0.6 is 0 Å². The van der Waals surface area contributed by atoms with Gasteiger partial charge >= 0.3 is 0 Å². The van der Waals surface area contributed by atoms with Crippen molar-refractivity contribution < 1.29 is 4.74 Å². The van der Waals surface area contributed by atoms with Gasteiger partial charge in [0.05, 0.1) is 6.10 Å². The van der Waals surface area contributed by atoms with Gasteiger partial charge in [0.15, 0.2) is 0 Å². The zero-order valence-corrected chi connectivity index (χ0v) is 8.44. The number of hydrogen-bond acceptors (Lipinski definition) is 1. The van der Waals surface area contributed by atoms with Gasteiger partial charge in [-0.15, -0.1) is 0 Å². The first-order chi connectivity index (χ1) is 5.88. The van der Waals surface area contributed by atoms with Gasteiger partial charge < -0.3 is 4.74 Å². The molecule has 1 unspecified atom stereocenters. The Morgan fingerprint density at radius 2 is 2.25 bits per heavy atom. The average Bonchev–Trinajstić information content (AvgIpc) is 2.15. The summed E-state index contributed by atoms with van der Waals surface area (Å²) in [6.45, 7) is 2.26. The lowest BCUT2D eigenvalue weighted by molar-refractivity contribution is 0.0835. The summed E-state index contributed by atoms with van der Waals surface area (Å²) in [5, 5.41) is 0. The van der Waals surface area contributed by atoms with E-state index in [1.807, 2.05) is 7.11 Å². The topological polar surface area (TPSA) is 9.23 Å². The molecule has 12 heavy (non-hydrogen) atoms. The van der Waals surface area contributed by atoms with Crippen molar-refractivity contribution in [2.75, 3.05) is 7.11 Å². The van der Waals surface area contributed by atoms with Gasteiger partial charge in [-0.2, -0.15) is 0 Å². The van der Waals surface area contributed by atoms with Crippen LogP contribution in [0.25, 0.3) is 0 Å². The standard InChI is InChI=1S/C11H21O/c1-3-4-7-10-8-5-6-9-11(10)12-2/h11H,3-9H2,1-2H3. The summed E-state index contributed by atoms with van der Waals surface area (Å²) in [6.07, 6.45) is 9.76. The maximum Gasteiger partial charge on any atom is 0.0633 e. The van der Waals surface area contributed by atoms with Crippen LogP contribution in [-0.2, 0) is 4.74 Å². The van der Waals surface area contributed by atoms with E-state index in [4.69, 9.17) is 4.74 Å². The van der Waals surface area contributed by atoms with Crippen molar-refractivity contribution in [1.82, 2.24) is 0 Å². The lowest BCUT2D eigenvalue weighted by Gasteiger charge is -2.29. The lowest BCUT2D eigenvalue weighted by Crippen LogP contribution is -2.24. The molecule has 0 aliphatic heterocycles. The van der Waals surface area contributed by atoms with E-state index in [0.29, 0.717) is 6.10 Å². The number of hydrogen-bond donors (Lipinski definition) is 0. The van der Waals surface area contributed by atoms with Gasteiger partial charge in [-0.05, 0) is 19.3 Å². The molecule has 0 aromatic heterocycles. The van der Waals surface area contributed by atoms with Crippen LogP contribution in [0.15, 0.2) is 0 Å². The zero-order valence-electron chi connectivity index (χ0n) is 8.44. The number of unbranched alkanes of at least 4 members (excludes halogenated alkanes) is 1. The summed E-state index contributed by atoms with van der Waals surface area (Å²) in [7, 11) is 1.85. The Labute approximate surface area is 76.5 Å². The van der Waals surface area contributed by atoms with Crippen molar-refractivity contribution in [2.24, 2.45) is 0 Å². The fourth-order valence-electron chi connectivity index (χ4n) is 2.02. The quantitative estimate of drug-likeness (QED) is 0.627. The smallest absolute Gasteiger partial charge is 0.0633 e. The molecule has 1 saturated carbocycles. The molecule has 0 aromatic carbocycles. The Morgan fingerprint density at radius 1 is 1.42 bits per heavy atom. The van der Waals surface area contributed by atoms with Crippen LogP contribution in [0.5, 0.6) is 0 Å². The summed E-state index contributed by atoms with van der Waals surface area (Å²) in [4.78, 5) is 0.